The Balaban J connectivity index is 1.51. The van der Waals surface area contributed by atoms with Gasteiger partial charge in [-0.05, 0) is 51.9 Å². The Morgan fingerprint density at radius 1 is 1.33 bits per heavy atom. The number of carbonyl (C=O) groups is 1. The minimum absolute atomic E-state index is 0.0690. The largest absolute Gasteiger partial charge is 0.468 e. The molecule has 0 bridgehead atoms. The van der Waals surface area contributed by atoms with E-state index in [1.807, 2.05) is 26.0 Å². The van der Waals surface area contributed by atoms with E-state index in [1.54, 1.807) is 6.26 Å². The molecule has 0 radical (unpaired) electrons. The van der Waals surface area contributed by atoms with Crippen molar-refractivity contribution in [2.75, 3.05) is 19.6 Å². The first-order valence-corrected chi connectivity index (χ1v) is 8.35. The average molecular weight is 332 g/mol. The molecule has 2 aromatic rings. The molecule has 1 atom stereocenters. The van der Waals surface area contributed by atoms with E-state index < -0.39 is 0 Å². The monoisotopic (exact) mass is 332 g/mol. The average Bonchev–Trinajstić information content (AvgIpc) is 3.30. The predicted molar refractivity (Wildman–Crippen MR) is 88.5 cm³/mol. The number of oxazole rings is 1. The van der Waals surface area contributed by atoms with Crippen LogP contribution in [-0.4, -0.2) is 35.5 Å². The molecule has 2 aromatic heterocycles. The Kier molecular flexibility index (Phi) is 5.20. The van der Waals surface area contributed by atoms with Crippen LogP contribution in [0.4, 0.5) is 4.79 Å². The van der Waals surface area contributed by atoms with Gasteiger partial charge in [0.1, 0.15) is 11.5 Å². The molecule has 0 unspecified atom stereocenters. The van der Waals surface area contributed by atoms with Gasteiger partial charge in [0.25, 0.3) is 0 Å². The van der Waals surface area contributed by atoms with Crippen molar-refractivity contribution in [2.24, 2.45) is 0 Å². The number of hydrogen-bond acceptors (Lipinski definition) is 5. The number of likely N-dealkylation sites (tertiary alicyclic amines) is 1. The van der Waals surface area contributed by atoms with Gasteiger partial charge in [-0.1, -0.05) is 0 Å². The number of aryl methyl sites for hydroxylation is 2. The van der Waals surface area contributed by atoms with E-state index in [1.165, 1.54) is 12.8 Å². The molecule has 7 nitrogen and oxygen atoms in total. The minimum atomic E-state index is -0.237. The zero-order valence-electron chi connectivity index (χ0n) is 14.2. The van der Waals surface area contributed by atoms with E-state index in [9.17, 15) is 4.79 Å². The summed E-state index contributed by atoms with van der Waals surface area (Å²) in [5.41, 5.74) is 0.846. The number of urea groups is 1. The number of amides is 2. The smallest absolute Gasteiger partial charge is 0.315 e. The molecule has 2 amide bonds. The lowest BCUT2D eigenvalue weighted by Gasteiger charge is -2.25. The van der Waals surface area contributed by atoms with Gasteiger partial charge in [-0.15, -0.1) is 0 Å². The van der Waals surface area contributed by atoms with Crippen LogP contribution in [0.15, 0.2) is 27.2 Å². The number of furan rings is 1. The number of nitrogens with zero attached hydrogens (tertiary/aromatic N) is 2. The lowest BCUT2D eigenvalue weighted by molar-refractivity contribution is 0.203. The molecular weight excluding hydrogens is 308 g/mol. The molecule has 1 fully saturated rings. The third-order valence-electron chi connectivity index (χ3n) is 4.38. The van der Waals surface area contributed by atoms with Gasteiger partial charge in [-0.3, -0.25) is 4.90 Å². The quantitative estimate of drug-likeness (QED) is 0.849. The first-order valence-electron chi connectivity index (χ1n) is 8.35. The molecule has 3 heterocycles. The van der Waals surface area contributed by atoms with E-state index in [4.69, 9.17) is 8.83 Å². The third-order valence-corrected chi connectivity index (χ3v) is 4.38. The fraction of sp³-hybridized carbons (Fsp3) is 0.529. The molecule has 2 N–H and O–H groups in total. The van der Waals surface area contributed by atoms with Crippen molar-refractivity contribution < 1.29 is 13.6 Å². The highest BCUT2D eigenvalue weighted by atomic mass is 16.4. The van der Waals surface area contributed by atoms with Crippen molar-refractivity contribution in [1.82, 2.24) is 20.5 Å². The van der Waals surface area contributed by atoms with E-state index in [2.05, 4.69) is 20.5 Å². The number of aromatic nitrogens is 1. The van der Waals surface area contributed by atoms with Crippen LogP contribution < -0.4 is 10.6 Å². The number of carbonyl (C=O) groups excluding carboxylic acids is 1. The first kappa shape index (κ1) is 16.6. The summed E-state index contributed by atoms with van der Waals surface area (Å²) in [6.07, 6.45) is 4.05. The van der Waals surface area contributed by atoms with Crippen LogP contribution in [0.2, 0.25) is 0 Å². The van der Waals surface area contributed by atoms with Gasteiger partial charge < -0.3 is 19.5 Å². The van der Waals surface area contributed by atoms with Crippen LogP contribution in [0, 0.1) is 13.8 Å². The Hall–Kier alpha value is -2.28. The molecule has 7 heteroatoms. The fourth-order valence-electron chi connectivity index (χ4n) is 2.97. The molecule has 3 rings (SSSR count). The van der Waals surface area contributed by atoms with Crippen LogP contribution in [0.3, 0.4) is 0 Å². The summed E-state index contributed by atoms with van der Waals surface area (Å²) in [7, 11) is 0. The van der Waals surface area contributed by atoms with Gasteiger partial charge in [0.05, 0.1) is 24.5 Å². The molecule has 0 aliphatic carbocycles. The normalized spacial score (nSPS) is 16.2. The third kappa shape index (κ3) is 3.97. The molecule has 24 heavy (non-hydrogen) atoms. The van der Waals surface area contributed by atoms with Crippen molar-refractivity contribution in [3.63, 3.8) is 0 Å². The van der Waals surface area contributed by atoms with Gasteiger partial charge in [0, 0.05) is 6.54 Å². The molecule has 1 aliphatic heterocycles. The number of hydrogen-bond donors (Lipinski definition) is 2. The Morgan fingerprint density at radius 3 is 2.75 bits per heavy atom. The van der Waals surface area contributed by atoms with Crippen LogP contribution in [0.5, 0.6) is 0 Å². The standard InChI is InChI=1S/C17H24N4O3/c1-12-13(2)24-16(20-12)11-19-17(22)18-10-14(15-6-5-9-23-15)21-7-3-4-8-21/h5-6,9,14H,3-4,7-8,10-11H2,1-2H3,(H2,18,19,22)/t14-/m0/s1. The molecule has 130 valence electrons. The van der Waals surface area contributed by atoms with Gasteiger partial charge in [0.15, 0.2) is 0 Å². The molecule has 0 saturated carbocycles. The minimum Gasteiger partial charge on any atom is -0.468 e. The predicted octanol–water partition coefficient (Wildman–Crippen LogP) is 2.52. The topological polar surface area (TPSA) is 83.5 Å². The fourth-order valence-corrected chi connectivity index (χ4v) is 2.97. The molecule has 1 aliphatic rings. The van der Waals surface area contributed by atoms with Crippen LogP contribution in [0.1, 0.15) is 42.0 Å². The van der Waals surface area contributed by atoms with Crippen molar-refractivity contribution >= 4 is 6.03 Å². The summed E-state index contributed by atoms with van der Waals surface area (Å²) in [6.45, 7) is 6.58. The van der Waals surface area contributed by atoms with Crippen molar-refractivity contribution in [2.45, 2.75) is 39.3 Å². The lowest BCUT2D eigenvalue weighted by Crippen LogP contribution is -2.41. The Labute approximate surface area is 141 Å². The van der Waals surface area contributed by atoms with Crippen molar-refractivity contribution in [1.29, 1.82) is 0 Å². The summed E-state index contributed by atoms with van der Waals surface area (Å²) in [4.78, 5) is 18.7. The van der Waals surface area contributed by atoms with Gasteiger partial charge >= 0.3 is 6.03 Å². The molecule has 1 saturated heterocycles. The molecular formula is C17H24N4O3. The van der Waals surface area contributed by atoms with Crippen LogP contribution >= 0.6 is 0 Å². The second-order valence-electron chi connectivity index (χ2n) is 6.09. The summed E-state index contributed by atoms with van der Waals surface area (Å²) in [5, 5.41) is 5.69. The maximum absolute atomic E-state index is 12.1. The molecule has 0 spiro atoms. The first-order chi connectivity index (χ1) is 11.6. The second-order valence-corrected chi connectivity index (χ2v) is 6.09. The van der Waals surface area contributed by atoms with E-state index >= 15 is 0 Å². The van der Waals surface area contributed by atoms with Gasteiger partial charge in [0.2, 0.25) is 5.89 Å². The van der Waals surface area contributed by atoms with Crippen LogP contribution in [-0.2, 0) is 6.54 Å². The van der Waals surface area contributed by atoms with Crippen molar-refractivity contribution in [3.05, 3.63) is 41.5 Å². The van der Waals surface area contributed by atoms with E-state index in [0.717, 1.165) is 30.3 Å². The zero-order valence-corrected chi connectivity index (χ0v) is 14.2. The van der Waals surface area contributed by atoms with Gasteiger partial charge in [-0.2, -0.15) is 0 Å². The maximum atomic E-state index is 12.1. The molecule has 0 aromatic carbocycles. The van der Waals surface area contributed by atoms with E-state index in [0.29, 0.717) is 12.4 Å². The van der Waals surface area contributed by atoms with Crippen LogP contribution in [0.25, 0.3) is 0 Å². The highest BCUT2D eigenvalue weighted by molar-refractivity contribution is 5.73. The maximum Gasteiger partial charge on any atom is 0.315 e. The zero-order chi connectivity index (χ0) is 16.9. The van der Waals surface area contributed by atoms with E-state index in [-0.39, 0.29) is 18.6 Å². The summed E-state index contributed by atoms with van der Waals surface area (Å²) in [5.74, 6) is 2.18. The number of rotatable bonds is 6. The highest BCUT2D eigenvalue weighted by Gasteiger charge is 2.25. The SMILES string of the molecule is Cc1nc(CNC(=O)NC[C@@H](c2ccco2)N2CCCC2)oc1C. The van der Waals surface area contributed by atoms with Gasteiger partial charge in [-0.25, -0.2) is 9.78 Å². The Bertz CT molecular complexity index is 640. The summed E-state index contributed by atoms with van der Waals surface area (Å²) in [6, 6.07) is 3.67. The summed E-state index contributed by atoms with van der Waals surface area (Å²) >= 11 is 0. The Morgan fingerprint density at radius 2 is 2.12 bits per heavy atom. The lowest BCUT2D eigenvalue weighted by atomic mass is 10.2. The second kappa shape index (κ2) is 7.53. The summed E-state index contributed by atoms with van der Waals surface area (Å²) < 4.78 is 11.0. The number of nitrogens with one attached hydrogen (secondary N) is 2. The highest BCUT2D eigenvalue weighted by Crippen LogP contribution is 2.24. The van der Waals surface area contributed by atoms with Crippen molar-refractivity contribution in [3.8, 4) is 0 Å².